The first-order valence-electron chi connectivity index (χ1n) is 4.42. The van der Waals surface area contributed by atoms with E-state index in [1.54, 1.807) is 12.1 Å². The third-order valence-electron chi connectivity index (χ3n) is 1.87. The van der Waals surface area contributed by atoms with Crippen molar-refractivity contribution in [1.82, 2.24) is 9.36 Å². The normalized spacial score (nSPS) is 11.7. The molecule has 0 saturated heterocycles. The molecule has 1 aromatic carbocycles. The zero-order valence-corrected chi connectivity index (χ0v) is 11.6. The van der Waals surface area contributed by atoms with E-state index in [0.29, 0.717) is 5.56 Å². The molecule has 88 valence electrons. The van der Waals surface area contributed by atoms with E-state index < -0.39 is 0 Å². The van der Waals surface area contributed by atoms with Crippen LogP contribution in [0.4, 0.5) is 0 Å². The van der Waals surface area contributed by atoms with Gasteiger partial charge in [0.05, 0.1) is 0 Å². The van der Waals surface area contributed by atoms with Crippen molar-refractivity contribution in [1.29, 1.82) is 0 Å². The summed E-state index contributed by atoms with van der Waals surface area (Å²) in [5.74, 6) is 0.0816. The molecule has 0 aliphatic heterocycles. The van der Waals surface area contributed by atoms with Crippen LogP contribution >= 0.6 is 39.2 Å². The molecule has 17 heavy (non-hydrogen) atoms. The zero-order chi connectivity index (χ0) is 12.3. The largest absolute Gasteiger partial charge is 0.409 e. The minimum Gasteiger partial charge on any atom is -0.409 e. The Balaban J connectivity index is 2.26. The summed E-state index contributed by atoms with van der Waals surface area (Å²) < 4.78 is 5.66. The summed E-state index contributed by atoms with van der Waals surface area (Å²) in [6, 6.07) is 5.45. The van der Waals surface area contributed by atoms with E-state index in [1.165, 1.54) is 29.6 Å². The monoisotopic (exact) mass is 330 g/mol. The number of amidine groups is 1. The molecule has 0 bridgehead atoms. The highest BCUT2D eigenvalue weighted by atomic mass is 79.9. The third kappa shape index (κ3) is 2.96. The van der Waals surface area contributed by atoms with Crippen LogP contribution in [0.1, 0.15) is 5.56 Å². The predicted molar refractivity (Wildman–Crippen MR) is 70.7 cm³/mol. The molecule has 5 nitrogen and oxygen atoms in total. The van der Waals surface area contributed by atoms with Gasteiger partial charge in [-0.2, -0.15) is 4.37 Å². The SMILES string of the molecule is N/C(=N/O)c1ccc(Sc2ncns2)c(Br)c1. The number of nitrogens with zero attached hydrogens (tertiary/aromatic N) is 3. The van der Waals surface area contributed by atoms with E-state index in [1.807, 2.05) is 6.07 Å². The molecule has 1 heterocycles. The fourth-order valence-electron chi connectivity index (χ4n) is 1.10. The molecule has 0 saturated carbocycles. The first kappa shape index (κ1) is 12.3. The molecular formula is C9H7BrN4OS2. The fraction of sp³-hybridized carbons (Fsp3) is 0. The van der Waals surface area contributed by atoms with Gasteiger partial charge in [-0.1, -0.05) is 16.9 Å². The van der Waals surface area contributed by atoms with Crippen LogP contribution in [0.25, 0.3) is 0 Å². The lowest BCUT2D eigenvalue weighted by Crippen LogP contribution is -2.12. The maximum absolute atomic E-state index is 8.58. The van der Waals surface area contributed by atoms with Crippen LogP contribution in [-0.2, 0) is 0 Å². The van der Waals surface area contributed by atoms with Crippen LogP contribution in [0.5, 0.6) is 0 Å². The Morgan fingerprint density at radius 3 is 2.94 bits per heavy atom. The fourth-order valence-corrected chi connectivity index (χ4v) is 3.13. The molecule has 0 aliphatic rings. The Morgan fingerprint density at radius 1 is 1.53 bits per heavy atom. The second-order valence-electron chi connectivity index (χ2n) is 2.94. The molecule has 3 N–H and O–H groups in total. The Hall–Kier alpha value is -1.12. The first-order valence-corrected chi connectivity index (χ1v) is 6.81. The molecule has 0 amide bonds. The number of nitrogens with two attached hydrogens (primary N) is 1. The molecule has 2 aromatic rings. The van der Waals surface area contributed by atoms with Crippen LogP contribution in [0.3, 0.4) is 0 Å². The summed E-state index contributed by atoms with van der Waals surface area (Å²) in [6.45, 7) is 0. The van der Waals surface area contributed by atoms with Crippen LogP contribution < -0.4 is 5.73 Å². The summed E-state index contributed by atoms with van der Waals surface area (Å²) in [4.78, 5) is 5.08. The highest BCUT2D eigenvalue weighted by molar-refractivity contribution is 9.10. The van der Waals surface area contributed by atoms with E-state index in [-0.39, 0.29) is 5.84 Å². The van der Waals surface area contributed by atoms with Crippen molar-refractivity contribution >= 4 is 45.1 Å². The van der Waals surface area contributed by atoms with Gasteiger partial charge in [0.2, 0.25) is 0 Å². The summed E-state index contributed by atoms with van der Waals surface area (Å²) in [5, 5.41) is 11.5. The van der Waals surface area contributed by atoms with Gasteiger partial charge in [0, 0.05) is 14.9 Å². The molecular weight excluding hydrogens is 324 g/mol. The van der Waals surface area contributed by atoms with Gasteiger partial charge in [0.1, 0.15) is 6.33 Å². The summed E-state index contributed by atoms with van der Waals surface area (Å²) in [7, 11) is 0. The van der Waals surface area contributed by atoms with Gasteiger partial charge in [-0.05, 0) is 45.7 Å². The number of hydrogen-bond donors (Lipinski definition) is 2. The standard InChI is InChI=1S/C9H7BrN4OS2/c10-6-3-5(8(11)14-15)1-2-7(6)16-9-12-4-13-17-9/h1-4,15H,(H2,11,14). The Bertz CT molecular complexity index is 544. The van der Waals surface area contributed by atoms with Gasteiger partial charge in [-0.25, -0.2) is 4.98 Å². The number of oxime groups is 1. The van der Waals surface area contributed by atoms with Crippen molar-refractivity contribution in [2.24, 2.45) is 10.9 Å². The second-order valence-corrected chi connectivity index (χ2v) is 5.86. The lowest BCUT2D eigenvalue weighted by atomic mass is 10.2. The Kier molecular flexibility index (Phi) is 3.97. The smallest absolute Gasteiger partial charge is 0.174 e. The van der Waals surface area contributed by atoms with Crippen molar-refractivity contribution < 1.29 is 5.21 Å². The number of hydrogen-bond acceptors (Lipinski definition) is 6. The van der Waals surface area contributed by atoms with Crippen LogP contribution in [0.15, 0.2) is 43.4 Å². The lowest BCUT2D eigenvalue weighted by molar-refractivity contribution is 0.318. The van der Waals surface area contributed by atoms with E-state index in [2.05, 4.69) is 30.4 Å². The van der Waals surface area contributed by atoms with Crippen molar-refractivity contribution in [3.8, 4) is 0 Å². The maximum Gasteiger partial charge on any atom is 0.174 e. The van der Waals surface area contributed by atoms with Gasteiger partial charge in [-0.3, -0.25) is 0 Å². The number of halogens is 1. The molecule has 0 radical (unpaired) electrons. The minimum absolute atomic E-state index is 0.0816. The van der Waals surface area contributed by atoms with E-state index >= 15 is 0 Å². The summed E-state index contributed by atoms with van der Waals surface area (Å²) >= 11 is 6.27. The Labute approximate surface area is 114 Å². The molecule has 1 aromatic heterocycles. The lowest BCUT2D eigenvalue weighted by Gasteiger charge is -2.04. The molecule has 0 fully saturated rings. The van der Waals surface area contributed by atoms with Crippen LogP contribution in [0.2, 0.25) is 0 Å². The molecule has 0 aliphatic carbocycles. The van der Waals surface area contributed by atoms with Gasteiger partial charge in [0.15, 0.2) is 10.2 Å². The molecule has 0 atom stereocenters. The number of aromatic nitrogens is 2. The van der Waals surface area contributed by atoms with E-state index in [0.717, 1.165) is 13.7 Å². The molecule has 0 unspecified atom stereocenters. The summed E-state index contributed by atoms with van der Waals surface area (Å²) in [5.41, 5.74) is 6.16. The van der Waals surface area contributed by atoms with Gasteiger partial charge in [-0.15, -0.1) is 0 Å². The van der Waals surface area contributed by atoms with Crippen molar-refractivity contribution in [3.05, 3.63) is 34.6 Å². The molecule has 2 rings (SSSR count). The topological polar surface area (TPSA) is 84.4 Å². The average molecular weight is 331 g/mol. The molecule has 8 heteroatoms. The highest BCUT2D eigenvalue weighted by Gasteiger charge is 2.07. The van der Waals surface area contributed by atoms with E-state index in [9.17, 15) is 0 Å². The zero-order valence-electron chi connectivity index (χ0n) is 8.37. The van der Waals surface area contributed by atoms with Crippen LogP contribution in [0, 0.1) is 0 Å². The Morgan fingerprint density at radius 2 is 2.35 bits per heavy atom. The summed E-state index contributed by atoms with van der Waals surface area (Å²) in [6.07, 6.45) is 1.52. The van der Waals surface area contributed by atoms with Crippen LogP contribution in [-0.4, -0.2) is 20.4 Å². The second kappa shape index (κ2) is 5.48. The third-order valence-corrected chi connectivity index (χ3v) is 4.58. The number of benzene rings is 1. The van der Waals surface area contributed by atoms with Gasteiger partial charge in [0.25, 0.3) is 0 Å². The predicted octanol–water partition coefficient (Wildman–Crippen LogP) is 2.55. The quantitative estimate of drug-likeness (QED) is 0.391. The number of rotatable bonds is 3. The minimum atomic E-state index is 0.0816. The first-order chi connectivity index (χ1) is 8.20. The maximum atomic E-state index is 8.58. The van der Waals surface area contributed by atoms with Crippen molar-refractivity contribution in [3.63, 3.8) is 0 Å². The average Bonchev–Trinajstić information content (AvgIpc) is 2.83. The van der Waals surface area contributed by atoms with E-state index in [4.69, 9.17) is 10.9 Å². The van der Waals surface area contributed by atoms with Gasteiger partial charge >= 0.3 is 0 Å². The van der Waals surface area contributed by atoms with Crippen molar-refractivity contribution in [2.75, 3.05) is 0 Å². The van der Waals surface area contributed by atoms with Crippen molar-refractivity contribution in [2.45, 2.75) is 9.24 Å². The highest BCUT2D eigenvalue weighted by Crippen LogP contribution is 2.34. The molecule has 0 spiro atoms. The van der Waals surface area contributed by atoms with Gasteiger partial charge < -0.3 is 10.9 Å².